The summed E-state index contributed by atoms with van der Waals surface area (Å²) in [7, 11) is -0.284. The lowest BCUT2D eigenvalue weighted by Crippen LogP contribution is -2.41. The van der Waals surface area contributed by atoms with Gasteiger partial charge in [0, 0.05) is 17.9 Å². The van der Waals surface area contributed by atoms with E-state index in [9.17, 15) is 4.79 Å². The Morgan fingerprint density at radius 2 is 1.68 bits per heavy atom. The lowest BCUT2D eigenvalue weighted by atomic mass is 9.78. The fourth-order valence-corrected chi connectivity index (χ4v) is 3.58. The van der Waals surface area contributed by atoms with Crippen molar-refractivity contribution in [3.63, 3.8) is 0 Å². The maximum absolute atomic E-state index is 12.6. The number of fused-ring (bicyclic) bond motifs is 1. The number of carbonyl (C=O) groups excluding carboxylic acids is 1. The number of hydrogen-bond donors (Lipinski definition) is 0. The van der Waals surface area contributed by atoms with Gasteiger partial charge in [0.15, 0.2) is 0 Å². The standard InChI is InChI=1S/C22H32BNO4/c1-14-15(2)18-16(10-11-24(18)19(25)26-20(3,4)5)12-17(14)13-23-27-21(6,7)22(8,9)28-23/h10-12H,13H2,1-9H3. The lowest BCUT2D eigenvalue weighted by molar-refractivity contribution is 0.00578. The maximum Gasteiger partial charge on any atom is 0.462 e. The van der Waals surface area contributed by atoms with Gasteiger partial charge in [-0.15, -0.1) is 0 Å². The highest BCUT2D eigenvalue weighted by Crippen LogP contribution is 2.38. The second-order valence-electron chi connectivity index (χ2n) is 9.78. The van der Waals surface area contributed by atoms with Crippen molar-refractivity contribution in [2.45, 2.75) is 85.4 Å². The van der Waals surface area contributed by atoms with Crippen molar-refractivity contribution in [2.75, 3.05) is 0 Å². The van der Waals surface area contributed by atoms with Crippen molar-refractivity contribution in [2.24, 2.45) is 0 Å². The SMILES string of the molecule is Cc1c(CB2OC(C)(C)C(C)(C)O2)cc2ccn(C(=O)OC(C)(C)C)c2c1C. The smallest absolute Gasteiger partial charge is 0.443 e. The molecule has 0 radical (unpaired) electrons. The summed E-state index contributed by atoms with van der Waals surface area (Å²) in [5, 5.41) is 1.01. The van der Waals surface area contributed by atoms with Gasteiger partial charge in [0.05, 0.1) is 16.7 Å². The summed E-state index contributed by atoms with van der Waals surface area (Å²) in [6.45, 7) is 18.0. The van der Waals surface area contributed by atoms with Crippen LogP contribution in [0.25, 0.3) is 10.9 Å². The summed E-state index contributed by atoms with van der Waals surface area (Å²) in [5.74, 6) is 0. The molecule has 1 aliphatic rings. The van der Waals surface area contributed by atoms with Gasteiger partial charge < -0.3 is 14.0 Å². The normalized spacial score (nSPS) is 18.7. The van der Waals surface area contributed by atoms with Gasteiger partial charge in [-0.25, -0.2) is 4.79 Å². The second kappa shape index (κ2) is 6.63. The van der Waals surface area contributed by atoms with Gasteiger partial charge in [0.25, 0.3) is 0 Å². The van der Waals surface area contributed by atoms with Crippen LogP contribution in [-0.4, -0.2) is 34.6 Å². The number of rotatable bonds is 2. The molecule has 1 fully saturated rings. The molecule has 3 rings (SSSR count). The van der Waals surface area contributed by atoms with E-state index in [2.05, 4.69) is 40.7 Å². The first-order valence-corrected chi connectivity index (χ1v) is 9.91. The molecule has 6 heteroatoms. The van der Waals surface area contributed by atoms with Crippen LogP contribution in [0.4, 0.5) is 4.79 Å². The Morgan fingerprint density at radius 3 is 2.21 bits per heavy atom. The number of benzene rings is 1. The zero-order chi connectivity index (χ0) is 21.1. The molecule has 2 heterocycles. The molecule has 1 aromatic carbocycles. The number of hydrogen-bond acceptors (Lipinski definition) is 4. The Bertz CT molecular complexity index is 905. The van der Waals surface area contributed by atoms with Crippen LogP contribution in [-0.2, 0) is 20.4 Å². The van der Waals surface area contributed by atoms with E-state index in [1.807, 2.05) is 33.8 Å². The minimum atomic E-state index is -0.534. The molecule has 5 nitrogen and oxygen atoms in total. The molecule has 2 aromatic rings. The van der Waals surface area contributed by atoms with E-state index in [1.165, 1.54) is 5.56 Å². The van der Waals surface area contributed by atoms with E-state index in [4.69, 9.17) is 14.0 Å². The van der Waals surface area contributed by atoms with Crippen LogP contribution in [0.1, 0.15) is 65.2 Å². The number of aromatic nitrogens is 1. The highest BCUT2D eigenvalue weighted by Gasteiger charge is 2.50. The van der Waals surface area contributed by atoms with E-state index in [0.717, 1.165) is 22.0 Å². The Kier molecular flexibility index (Phi) is 4.96. The monoisotopic (exact) mass is 385 g/mol. The molecule has 1 saturated heterocycles. The molecule has 0 aliphatic carbocycles. The van der Waals surface area contributed by atoms with Crippen LogP contribution in [0.3, 0.4) is 0 Å². The third-order valence-electron chi connectivity index (χ3n) is 5.93. The molecule has 0 bridgehead atoms. The van der Waals surface area contributed by atoms with E-state index in [0.29, 0.717) is 6.32 Å². The molecular formula is C22H32BNO4. The average molecular weight is 385 g/mol. The quantitative estimate of drug-likeness (QED) is 0.666. The number of ether oxygens (including phenoxy) is 1. The van der Waals surface area contributed by atoms with Gasteiger partial charge in [-0.1, -0.05) is 0 Å². The number of carbonyl (C=O) groups is 1. The molecule has 0 unspecified atom stereocenters. The molecule has 28 heavy (non-hydrogen) atoms. The van der Waals surface area contributed by atoms with Crippen molar-refractivity contribution in [3.8, 4) is 0 Å². The molecule has 0 saturated carbocycles. The summed E-state index contributed by atoms with van der Waals surface area (Å²) in [6.07, 6.45) is 2.10. The summed E-state index contributed by atoms with van der Waals surface area (Å²) >= 11 is 0. The summed E-state index contributed by atoms with van der Waals surface area (Å²) in [6, 6.07) is 4.09. The van der Waals surface area contributed by atoms with Crippen molar-refractivity contribution in [1.82, 2.24) is 4.57 Å². The molecule has 1 aliphatic heterocycles. The molecule has 0 amide bonds. The van der Waals surface area contributed by atoms with E-state index >= 15 is 0 Å². The highest BCUT2D eigenvalue weighted by molar-refractivity contribution is 6.45. The fraction of sp³-hybridized carbons (Fsp3) is 0.591. The molecule has 152 valence electrons. The first-order valence-electron chi connectivity index (χ1n) is 9.91. The Balaban J connectivity index is 1.93. The maximum atomic E-state index is 12.6. The van der Waals surface area contributed by atoms with E-state index < -0.39 is 5.60 Å². The third-order valence-corrected chi connectivity index (χ3v) is 5.93. The zero-order valence-electron chi connectivity index (χ0n) is 18.6. The van der Waals surface area contributed by atoms with Gasteiger partial charge in [0.1, 0.15) is 5.60 Å². The first kappa shape index (κ1) is 20.9. The first-order chi connectivity index (χ1) is 12.7. The summed E-state index contributed by atoms with van der Waals surface area (Å²) in [5.41, 5.74) is 3.06. The van der Waals surface area contributed by atoms with Gasteiger partial charge in [-0.3, -0.25) is 4.57 Å². The Labute approximate surface area is 168 Å². The second-order valence-corrected chi connectivity index (χ2v) is 9.78. The molecular weight excluding hydrogens is 353 g/mol. The third kappa shape index (κ3) is 3.72. The Hall–Kier alpha value is -1.79. The van der Waals surface area contributed by atoms with Crippen LogP contribution in [0, 0.1) is 13.8 Å². The lowest BCUT2D eigenvalue weighted by Gasteiger charge is -2.32. The molecule has 0 N–H and O–H groups in total. The molecule has 0 spiro atoms. The average Bonchev–Trinajstić information content (AvgIpc) is 3.01. The zero-order valence-corrected chi connectivity index (χ0v) is 18.6. The topological polar surface area (TPSA) is 49.7 Å². The fourth-order valence-electron chi connectivity index (χ4n) is 3.58. The molecule has 0 atom stereocenters. The van der Waals surface area contributed by atoms with Gasteiger partial charge in [0.2, 0.25) is 0 Å². The van der Waals surface area contributed by atoms with Crippen LogP contribution in [0.2, 0.25) is 0 Å². The van der Waals surface area contributed by atoms with Crippen LogP contribution in [0.15, 0.2) is 18.3 Å². The highest BCUT2D eigenvalue weighted by atomic mass is 16.7. The van der Waals surface area contributed by atoms with Gasteiger partial charge in [-0.05, 0) is 91.1 Å². The van der Waals surface area contributed by atoms with Crippen molar-refractivity contribution in [1.29, 1.82) is 0 Å². The van der Waals surface area contributed by atoms with Crippen LogP contribution < -0.4 is 0 Å². The predicted octanol–water partition coefficient (Wildman–Crippen LogP) is 5.22. The van der Waals surface area contributed by atoms with E-state index in [1.54, 1.807) is 10.8 Å². The van der Waals surface area contributed by atoms with Gasteiger partial charge >= 0.3 is 13.2 Å². The number of nitrogens with zero attached hydrogens (tertiary/aromatic N) is 1. The minimum absolute atomic E-state index is 0.284. The molecule has 1 aromatic heterocycles. The summed E-state index contributed by atoms with van der Waals surface area (Å²) in [4.78, 5) is 12.6. The Morgan fingerprint density at radius 1 is 1.11 bits per heavy atom. The minimum Gasteiger partial charge on any atom is -0.443 e. The van der Waals surface area contributed by atoms with Crippen molar-refractivity contribution >= 4 is 24.1 Å². The van der Waals surface area contributed by atoms with Crippen molar-refractivity contribution < 1.29 is 18.8 Å². The van der Waals surface area contributed by atoms with Crippen LogP contribution in [0.5, 0.6) is 0 Å². The predicted molar refractivity (Wildman–Crippen MR) is 113 cm³/mol. The summed E-state index contributed by atoms with van der Waals surface area (Å²) < 4.78 is 19.5. The van der Waals surface area contributed by atoms with E-state index in [-0.39, 0.29) is 24.4 Å². The van der Waals surface area contributed by atoms with Crippen molar-refractivity contribution in [3.05, 3.63) is 35.0 Å². The largest absolute Gasteiger partial charge is 0.462 e. The number of aryl methyl sites for hydroxylation is 1. The van der Waals surface area contributed by atoms with Gasteiger partial charge in [-0.2, -0.15) is 0 Å². The van der Waals surface area contributed by atoms with Crippen LogP contribution >= 0.6 is 0 Å².